The third kappa shape index (κ3) is 4.66. The van der Waals surface area contributed by atoms with Gasteiger partial charge in [0.05, 0.1) is 11.7 Å². The normalized spacial score (nSPS) is 9.92. The summed E-state index contributed by atoms with van der Waals surface area (Å²) in [5.41, 5.74) is 2.27. The van der Waals surface area contributed by atoms with Crippen LogP contribution in [0.3, 0.4) is 0 Å². The van der Waals surface area contributed by atoms with Crippen molar-refractivity contribution < 1.29 is 17.0 Å². The zero-order valence-corrected chi connectivity index (χ0v) is 17.0. The van der Waals surface area contributed by atoms with Gasteiger partial charge in [0.2, 0.25) is 0 Å². The fraction of sp³-hybridized carbons (Fsp3) is 0. The number of halogens is 2. The Morgan fingerprint density at radius 1 is 0.846 bits per heavy atom. The van der Waals surface area contributed by atoms with E-state index in [1.54, 1.807) is 0 Å². The fourth-order valence-corrected chi connectivity index (χ4v) is 2.75. The Balaban J connectivity index is 0.000000207. The molecule has 4 aromatic carbocycles. The summed E-state index contributed by atoms with van der Waals surface area (Å²) in [6, 6.07) is 31.0. The summed E-state index contributed by atoms with van der Waals surface area (Å²) in [5, 5.41) is 8.16. The van der Waals surface area contributed by atoms with Crippen molar-refractivity contribution >= 4 is 40.3 Å². The summed E-state index contributed by atoms with van der Waals surface area (Å²) in [5.74, 6) is 0. The molecular formula is C21H16Cl2N2Ti-2. The van der Waals surface area contributed by atoms with E-state index in [2.05, 4.69) is 53.6 Å². The Hall–Kier alpha value is -1.84. The molecule has 0 spiro atoms. The predicted molar refractivity (Wildman–Crippen MR) is 108 cm³/mol. The van der Waals surface area contributed by atoms with Crippen molar-refractivity contribution in [3.05, 3.63) is 97.2 Å². The van der Waals surface area contributed by atoms with Crippen LogP contribution in [0.1, 0.15) is 0 Å². The minimum atomic E-state index is -0.556. The predicted octanol–water partition coefficient (Wildman–Crippen LogP) is 6.68. The molecule has 1 aromatic heterocycles. The Morgan fingerprint density at radius 2 is 1.50 bits per heavy atom. The van der Waals surface area contributed by atoms with E-state index in [9.17, 15) is 0 Å². The molecule has 0 fully saturated rings. The average Bonchev–Trinajstić information content (AvgIpc) is 3.42. The van der Waals surface area contributed by atoms with Crippen LogP contribution in [-0.4, -0.2) is 9.78 Å². The van der Waals surface area contributed by atoms with Gasteiger partial charge >= 0.3 is 35.6 Å². The van der Waals surface area contributed by atoms with Gasteiger partial charge in [0.15, 0.2) is 0 Å². The molecule has 1 heterocycles. The SMILES string of the molecule is [Cl][Ti][Cl].c1cc[cH-]c1.c1ccc2[cH-]c(-n3ncc4ccccc43)cc2c1. The number of hydrogen-bond acceptors (Lipinski definition) is 1. The number of fused-ring (bicyclic) bond motifs is 2. The van der Waals surface area contributed by atoms with Gasteiger partial charge in [-0.25, -0.2) is 12.1 Å². The third-order valence-corrected chi connectivity index (χ3v) is 3.88. The first-order valence-electron chi connectivity index (χ1n) is 8.05. The van der Waals surface area contributed by atoms with Crippen molar-refractivity contribution in [2.24, 2.45) is 0 Å². The van der Waals surface area contributed by atoms with Crippen molar-refractivity contribution in [3.8, 4) is 5.69 Å². The minimum Gasteiger partial charge on any atom is -0.252 e. The van der Waals surface area contributed by atoms with E-state index in [0.29, 0.717) is 0 Å². The van der Waals surface area contributed by atoms with Gasteiger partial charge in [-0.05, 0) is 11.8 Å². The van der Waals surface area contributed by atoms with Gasteiger partial charge in [-0.1, -0.05) is 24.3 Å². The maximum absolute atomic E-state index is 4.89. The van der Waals surface area contributed by atoms with E-state index in [4.69, 9.17) is 18.6 Å². The van der Waals surface area contributed by atoms with Crippen molar-refractivity contribution in [2.75, 3.05) is 0 Å². The summed E-state index contributed by atoms with van der Waals surface area (Å²) in [6.45, 7) is 0. The van der Waals surface area contributed by atoms with Crippen LogP contribution in [0.15, 0.2) is 97.2 Å². The van der Waals surface area contributed by atoms with Gasteiger partial charge in [0.25, 0.3) is 0 Å². The number of hydrogen-bond donors (Lipinski definition) is 0. The molecule has 0 N–H and O–H groups in total. The molecule has 0 saturated carbocycles. The number of para-hydroxylation sites is 1. The van der Waals surface area contributed by atoms with Crippen molar-refractivity contribution in [2.45, 2.75) is 0 Å². The molecule has 130 valence electrons. The zero-order chi connectivity index (χ0) is 18.2. The molecule has 0 radical (unpaired) electrons. The number of aromatic nitrogens is 2. The van der Waals surface area contributed by atoms with E-state index >= 15 is 0 Å². The topological polar surface area (TPSA) is 17.8 Å². The quantitative estimate of drug-likeness (QED) is 0.221. The Morgan fingerprint density at radius 3 is 2.15 bits per heavy atom. The summed E-state index contributed by atoms with van der Waals surface area (Å²) >= 11 is -0.556. The largest absolute Gasteiger partial charge is 0.252 e. The second-order valence-corrected chi connectivity index (χ2v) is 8.07. The molecule has 0 aliphatic rings. The molecule has 5 rings (SSSR count). The van der Waals surface area contributed by atoms with E-state index in [1.165, 1.54) is 16.2 Å². The maximum Gasteiger partial charge on any atom is 0.0721 e. The summed E-state index contributed by atoms with van der Waals surface area (Å²) in [6.07, 6.45) is 1.91. The van der Waals surface area contributed by atoms with Gasteiger partial charge < -0.3 is 0 Å². The second kappa shape index (κ2) is 9.75. The smallest absolute Gasteiger partial charge is 0.0721 e. The zero-order valence-electron chi connectivity index (χ0n) is 13.9. The molecule has 5 heteroatoms. The number of nitrogens with zero attached hydrogens (tertiary/aromatic N) is 2. The molecule has 26 heavy (non-hydrogen) atoms. The van der Waals surface area contributed by atoms with E-state index < -0.39 is 17.0 Å². The molecule has 0 atom stereocenters. The summed E-state index contributed by atoms with van der Waals surface area (Å²) < 4.78 is 2.00. The Labute approximate surface area is 169 Å². The standard InChI is InChI=1S/C16H11N2.C5H5.2ClH.Ti/c1-2-6-13-10-15(9-12(13)5-1)18-16-8-4-3-7-14(16)11-17-18;1-2-4-5-3-1;;;/h1-11H;1-5H;2*1H;/q2*-1;;;+2/p-2. The van der Waals surface area contributed by atoms with Crippen LogP contribution >= 0.6 is 18.6 Å². The van der Waals surface area contributed by atoms with Crippen LogP contribution in [-0.2, 0) is 17.0 Å². The van der Waals surface area contributed by atoms with Crippen molar-refractivity contribution in [1.29, 1.82) is 0 Å². The van der Waals surface area contributed by atoms with Gasteiger partial charge in [0, 0.05) is 5.39 Å². The van der Waals surface area contributed by atoms with Gasteiger partial charge in [-0.3, -0.25) is 4.68 Å². The van der Waals surface area contributed by atoms with Gasteiger partial charge in [0.1, 0.15) is 0 Å². The molecule has 0 saturated heterocycles. The minimum absolute atomic E-state index is 0.556. The van der Waals surface area contributed by atoms with Gasteiger partial charge in [-0.2, -0.15) is 23.3 Å². The molecule has 0 amide bonds. The van der Waals surface area contributed by atoms with E-state index in [-0.39, 0.29) is 0 Å². The molecular weight excluding hydrogens is 399 g/mol. The number of benzene rings is 2. The molecule has 0 aliphatic heterocycles. The molecule has 0 aliphatic carbocycles. The molecule has 0 unspecified atom stereocenters. The number of rotatable bonds is 1. The molecule has 5 aromatic rings. The average molecular weight is 415 g/mol. The first-order chi connectivity index (χ1) is 12.8. The Kier molecular flexibility index (Phi) is 7.10. The first-order valence-corrected chi connectivity index (χ1v) is 12.3. The van der Waals surface area contributed by atoms with E-state index in [1.807, 2.05) is 53.3 Å². The van der Waals surface area contributed by atoms with Crippen LogP contribution in [0.25, 0.3) is 27.4 Å². The summed E-state index contributed by atoms with van der Waals surface area (Å²) in [4.78, 5) is 0. The van der Waals surface area contributed by atoms with Crippen LogP contribution in [0.2, 0.25) is 0 Å². The maximum atomic E-state index is 4.89. The van der Waals surface area contributed by atoms with Crippen molar-refractivity contribution in [1.82, 2.24) is 9.78 Å². The second-order valence-electron chi connectivity index (χ2n) is 5.49. The molecule has 2 nitrogen and oxygen atoms in total. The molecule has 0 bridgehead atoms. The van der Waals surface area contributed by atoms with Crippen LogP contribution < -0.4 is 0 Å². The van der Waals surface area contributed by atoms with Crippen molar-refractivity contribution in [3.63, 3.8) is 0 Å². The van der Waals surface area contributed by atoms with Crippen LogP contribution in [0.4, 0.5) is 0 Å². The Bertz CT molecular complexity index is 998. The van der Waals surface area contributed by atoms with Gasteiger partial charge in [-0.15, -0.1) is 41.1 Å². The monoisotopic (exact) mass is 414 g/mol. The fourth-order valence-electron chi connectivity index (χ4n) is 2.75. The van der Waals surface area contributed by atoms with Crippen LogP contribution in [0, 0.1) is 0 Å². The van der Waals surface area contributed by atoms with E-state index in [0.717, 1.165) is 11.2 Å². The van der Waals surface area contributed by atoms with Crippen LogP contribution in [0.5, 0.6) is 0 Å². The summed E-state index contributed by atoms with van der Waals surface area (Å²) in [7, 11) is 9.78. The third-order valence-electron chi connectivity index (χ3n) is 3.88. The first kappa shape index (κ1) is 18.9.